The zero-order valence-corrected chi connectivity index (χ0v) is 20.3. The van der Waals surface area contributed by atoms with Crippen molar-refractivity contribution in [3.8, 4) is 5.75 Å². The van der Waals surface area contributed by atoms with E-state index in [2.05, 4.69) is 11.7 Å². The van der Waals surface area contributed by atoms with Gasteiger partial charge in [0.2, 0.25) is 0 Å². The van der Waals surface area contributed by atoms with E-state index < -0.39 is 22.0 Å². The van der Waals surface area contributed by atoms with Crippen LogP contribution in [0.1, 0.15) is 0 Å². The van der Waals surface area contributed by atoms with Gasteiger partial charge >= 0.3 is 0 Å². The number of hydrogen-bond donors (Lipinski definition) is 1. The predicted octanol–water partition coefficient (Wildman–Crippen LogP) is 1.72. The molecule has 1 saturated heterocycles. The van der Waals surface area contributed by atoms with Gasteiger partial charge < -0.3 is 14.2 Å². The molecule has 0 aliphatic carbocycles. The lowest BCUT2D eigenvalue weighted by atomic mass is 10.3. The highest BCUT2D eigenvalue weighted by Gasteiger charge is 2.32. The number of benzene rings is 1. The van der Waals surface area contributed by atoms with Crippen LogP contribution >= 0.6 is 11.7 Å². The summed E-state index contributed by atoms with van der Waals surface area (Å²) >= 11 is 37.2. The smallest absolute Gasteiger partial charge is 0.155 e. The normalized spacial score (nSPS) is 19.6. The van der Waals surface area contributed by atoms with E-state index >= 15 is 0 Å². The van der Waals surface area contributed by atoms with Crippen LogP contribution in [0.25, 0.3) is 0 Å². The first-order valence-electron chi connectivity index (χ1n) is 6.43. The number of ether oxygens (including phenoxy) is 3. The Hall–Kier alpha value is 1.66. The summed E-state index contributed by atoms with van der Waals surface area (Å²) in [6.45, 7) is 1.18. The topological polar surface area (TPSA) is 31.0 Å². The first-order valence-corrected chi connectivity index (χ1v) is 19.0. The second-order valence-electron chi connectivity index (χ2n) is 4.67. The van der Waals surface area contributed by atoms with E-state index in [1.807, 2.05) is 30.3 Å². The highest BCUT2D eigenvalue weighted by atomic mass is 34.1. The molecule has 0 spiro atoms. The fourth-order valence-corrected chi connectivity index (χ4v) is 27.4. The van der Waals surface area contributed by atoms with E-state index in [9.17, 15) is 0 Å². The molecule has 1 fully saturated rings. The molecule has 24 heavy (non-hydrogen) atoms. The van der Waals surface area contributed by atoms with Crippen LogP contribution in [0.4, 0.5) is 0 Å². The summed E-state index contributed by atoms with van der Waals surface area (Å²) in [5.74, 6) is 0.685. The standard InChI is InChI=1S/C11H14O3S10/c15-22(16,24(20,21)23(17,18)19)11(14-7-10-6-12-10)8-13-9-4-2-1-3-5-9/h1-5,10-11H,6-8H2,(H,17,18,19). The van der Waals surface area contributed by atoms with Gasteiger partial charge in [-0.15, -0.1) is 0 Å². The van der Waals surface area contributed by atoms with Crippen molar-refractivity contribution in [2.45, 2.75) is 11.5 Å². The van der Waals surface area contributed by atoms with Crippen LogP contribution in [-0.2, 0) is 93.2 Å². The first-order chi connectivity index (χ1) is 11.1. The Labute approximate surface area is 175 Å². The van der Waals surface area contributed by atoms with Gasteiger partial charge in [0.1, 0.15) is 18.5 Å². The fraction of sp³-hybridized carbons (Fsp3) is 0.455. The van der Waals surface area contributed by atoms with Gasteiger partial charge in [0.25, 0.3) is 0 Å². The summed E-state index contributed by atoms with van der Waals surface area (Å²) in [5, 5.41) is -4.87. The summed E-state index contributed by atoms with van der Waals surface area (Å²) in [6, 6.07) is 9.31. The van der Waals surface area contributed by atoms with E-state index in [1.165, 1.54) is 0 Å². The highest BCUT2D eigenvalue weighted by molar-refractivity contribution is 9.46. The van der Waals surface area contributed by atoms with E-state index in [4.69, 9.17) is 81.3 Å². The molecule has 3 nitrogen and oxygen atoms in total. The van der Waals surface area contributed by atoms with Crippen LogP contribution in [0, 0.1) is 0 Å². The molecule has 13 heteroatoms. The van der Waals surface area contributed by atoms with Crippen molar-refractivity contribution in [2.75, 3.05) is 19.8 Å². The molecule has 0 amide bonds. The minimum absolute atomic E-state index is 0.0594. The Kier molecular flexibility index (Phi) is 8.03. The molecule has 136 valence electrons. The molecule has 1 aliphatic heterocycles. The lowest BCUT2D eigenvalue weighted by molar-refractivity contribution is 0.0655. The number of thiol groups is 1. The number of para-hydroxylation sites is 1. The third-order valence-electron chi connectivity index (χ3n) is 2.86. The SMILES string of the molecule is S=S(=S)(S)S(=S)(=S)S(=S)(=S)C(COc1ccccc1)OCC1CO1. The third kappa shape index (κ3) is 5.58. The molecular weight excluding hydrogens is 501 g/mol. The fourth-order valence-electron chi connectivity index (χ4n) is 1.53. The Morgan fingerprint density at radius 1 is 1.12 bits per heavy atom. The maximum absolute atomic E-state index is 5.89. The van der Waals surface area contributed by atoms with Gasteiger partial charge in [-0.05, 0) is 79.3 Å². The molecule has 1 heterocycles. The molecule has 2 rings (SSSR count). The Morgan fingerprint density at radius 2 is 1.71 bits per heavy atom. The molecular formula is C11H14O3S10. The molecule has 0 N–H and O–H groups in total. The quantitative estimate of drug-likeness (QED) is 0.301. The minimum atomic E-state index is -2.50. The number of rotatable bonds is 9. The Balaban J connectivity index is 2.23. The summed E-state index contributed by atoms with van der Waals surface area (Å²) < 4.78 is 16.8. The van der Waals surface area contributed by atoms with Crippen molar-refractivity contribution in [1.29, 1.82) is 0 Å². The summed E-state index contributed by atoms with van der Waals surface area (Å²) in [5.41, 5.74) is -0.623. The molecule has 0 bridgehead atoms. The van der Waals surface area contributed by atoms with Crippen LogP contribution in [0.2, 0.25) is 0 Å². The zero-order chi connectivity index (χ0) is 18.0. The molecule has 0 saturated carbocycles. The number of hydrogen-bond acceptors (Lipinski definition) is 9. The second-order valence-corrected chi connectivity index (χ2v) is 34.5. The van der Waals surface area contributed by atoms with Crippen molar-refractivity contribution < 1.29 is 14.2 Å². The maximum Gasteiger partial charge on any atom is 0.155 e. The lowest BCUT2D eigenvalue weighted by Crippen LogP contribution is -2.35. The third-order valence-corrected chi connectivity index (χ3v) is 42.7. The highest BCUT2D eigenvalue weighted by Crippen LogP contribution is 2.26. The van der Waals surface area contributed by atoms with Crippen LogP contribution in [0.15, 0.2) is 30.3 Å². The lowest BCUT2D eigenvalue weighted by Gasteiger charge is -2.27. The summed E-state index contributed by atoms with van der Waals surface area (Å²) in [6.07, 6.45) is -2.41. The average molecular weight is 515 g/mol. The molecule has 0 aromatic heterocycles. The molecule has 1 aromatic rings. The largest absolute Gasteiger partial charge is 0.490 e. The molecule has 2 unspecified atom stereocenters. The monoisotopic (exact) mass is 514 g/mol. The van der Waals surface area contributed by atoms with E-state index in [-0.39, 0.29) is 12.7 Å². The van der Waals surface area contributed by atoms with Crippen LogP contribution < -0.4 is 4.74 Å². The van der Waals surface area contributed by atoms with E-state index in [0.717, 1.165) is 0 Å². The Bertz CT molecular complexity index is 869. The molecule has 2 atom stereocenters. The zero-order valence-electron chi connectivity index (χ0n) is 12.0. The van der Waals surface area contributed by atoms with Crippen LogP contribution in [-0.4, -0.2) is 31.4 Å². The predicted molar refractivity (Wildman–Crippen MR) is 127 cm³/mol. The van der Waals surface area contributed by atoms with Gasteiger partial charge in [-0.2, -0.15) is 0 Å². The van der Waals surface area contributed by atoms with E-state index in [0.29, 0.717) is 19.0 Å². The van der Waals surface area contributed by atoms with Crippen LogP contribution in [0.3, 0.4) is 0 Å². The minimum Gasteiger partial charge on any atom is -0.490 e. The van der Waals surface area contributed by atoms with E-state index in [1.54, 1.807) is 0 Å². The molecule has 0 radical (unpaired) electrons. The summed E-state index contributed by atoms with van der Waals surface area (Å²) in [4.78, 5) is 0. The van der Waals surface area contributed by atoms with Crippen molar-refractivity contribution in [3.63, 3.8) is 0 Å². The Morgan fingerprint density at radius 3 is 2.21 bits per heavy atom. The van der Waals surface area contributed by atoms with Crippen molar-refractivity contribution >= 4 is 95.4 Å². The van der Waals surface area contributed by atoms with Gasteiger partial charge in [-0.25, -0.2) is 0 Å². The molecule has 1 aromatic carbocycles. The number of epoxide rings is 1. The van der Waals surface area contributed by atoms with Crippen molar-refractivity contribution in [2.24, 2.45) is 0 Å². The second kappa shape index (κ2) is 8.78. The first kappa shape index (κ1) is 22.0. The maximum atomic E-state index is 5.89. The van der Waals surface area contributed by atoms with Gasteiger partial charge in [0.15, 0.2) is 5.44 Å². The molecule has 1 aliphatic rings. The van der Waals surface area contributed by atoms with Gasteiger partial charge in [-0.1, -0.05) is 29.9 Å². The van der Waals surface area contributed by atoms with Crippen molar-refractivity contribution in [1.82, 2.24) is 0 Å². The van der Waals surface area contributed by atoms with Crippen molar-refractivity contribution in [3.05, 3.63) is 30.3 Å². The summed E-state index contributed by atoms with van der Waals surface area (Å²) in [7, 11) is 0. The van der Waals surface area contributed by atoms with Gasteiger partial charge in [-0.3, -0.25) is 0 Å². The van der Waals surface area contributed by atoms with Gasteiger partial charge in [0.05, 0.1) is 13.2 Å². The average Bonchev–Trinajstić information content (AvgIpc) is 3.31. The van der Waals surface area contributed by atoms with Crippen LogP contribution in [0.5, 0.6) is 5.75 Å². The van der Waals surface area contributed by atoms with Gasteiger partial charge in [0, 0.05) is 16.6 Å².